The molecule has 2 rings (SSSR count). The van der Waals surface area contributed by atoms with Crippen LogP contribution >= 0.6 is 11.6 Å². The molecule has 0 saturated heterocycles. The molecule has 0 bridgehead atoms. The average Bonchev–Trinajstić information content (AvgIpc) is 2.36. The van der Waals surface area contributed by atoms with Crippen LogP contribution in [0.1, 0.15) is 24.3 Å². The summed E-state index contributed by atoms with van der Waals surface area (Å²) in [5.74, 6) is 2.19. The van der Waals surface area contributed by atoms with E-state index < -0.39 is 0 Å². The third kappa shape index (κ3) is 3.37. The number of aryl methyl sites for hydroxylation is 2. The van der Waals surface area contributed by atoms with E-state index in [1.54, 1.807) is 12.3 Å². The minimum Gasteiger partial charge on any atom is -0.364 e. The Kier molecular flexibility index (Phi) is 4.04. The van der Waals surface area contributed by atoms with E-state index in [-0.39, 0.29) is 0 Å². The van der Waals surface area contributed by atoms with Gasteiger partial charge in [0.2, 0.25) is 0 Å². The van der Waals surface area contributed by atoms with Crippen molar-refractivity contribution in [2.75, 3.05) is 5.32 Å². The fourth-order valence-electron chi connectivity index (χ4n) is 1.50. The van der Waals surface area contributed by atoms with Gasteiger partial charge in [-0.25, -0.2) is 19.9 Å². The van der Waals surface area contributed by atoms with Crippen LogP contribution < -0.4 is 5.32 Å². The van der Waals surface area contributed by atoms with Crippen LogP contribution in [0.25, 0.3) is 0 Å². The summed E-state index contributed by atoms with van der Waals surface area (Å²) in [4.78, 5) is 16.8. The first-order valence-electron chi connectivity index (χ1n) is 5.73. The summed E-state index contributed by atoms with van der Waals surface area (Å²) in [6.45, 7) is 4.43. The van der Waals surface area contributed by atoms with Gasteiger partial charge in [-0.1, -0.05) is 18.5 Å². The number of rotatable bonds is 4. The van der Waals surface area contributed by atoms with E-state index >= 15 is 0 Å². The maximum absolute atomic E-state index is 5.92. The smallest absolute Gasteiger partial charge is 0.134 e. The van der Waals surface area contributed by atoms with Crippen LogP contribution in [0.5, 0.6) is 0 Å². The van der Waals surface area contributed by atoms with Crippen molar-refractivity contribution in [3.63, 3.8) is 0 Å². The lowest BCUT2D eigenvalue weighted by Gasteiger charge is -2.07. The third-order valence-electron chi connectivity index (χ3n) is 2.34. The van der Waals surface area contributed by atoms with Gasteiger partial charge < -0.3 is 5.32 Å². The molecule has 2 heterocycles. The van der Waals surface area contributed by atoms with Crippen LogP contribution in [0.4, 0.5) is 5.82 Å². The van der Waals surface area contributed by atoms with Gasteiger partial charge in [0.15, 0.2) is 0 Å². The second-order valence-electron chi connectivity index (χ2n) is 3.79. The van der Waals surface area contributed by atoms with Crippen LogP contribution in [0.2, 0.25) is 5.15 Å². The van der Waals surface area contributed by atoms with Crippen LogP contribution in [0.15, 0.2) is 18.3 Å². The maximum Gasteiger partial charge on any atom is 0.134 e. The first kappa shape index (κ1) is 12.7. The molecule has 6 heteroatoms. The topological polar surface area (TPSA) is 63.6 Å². The highest BCUT2D eigenvalue weighted by molar-refractivity contribution is 6.29. The Bertz CT molecular complexity index is 544. The zero-order chi connectivity index (χ0) is 13.0. The Labute approximate surface area is 111 Å². The Balaban J connectivity index is 2.08. The minimum atomic E-state index is 0.447. The predicted octanol–water partition coefficient (Wildman–Crippen LogP) is 2.40. The van der Waals surface area contributed by atoms with Crippen LogP contribution in [0.3, 0.4) is 0 Å². The van der Waals surface area contributed by atoms with Crippen LogP contribution in [-0.4, -0.2) is 19.9 Å². The highest BCUT2D eigenvalue weighted by Crippen LogP contribution is 2.12. The van der Waals surface area contributed by atoms with Gasteiger partial charge in [-0.2, -0.15) is 0 Å². The van der Waals surface area contributed by atoms with Gasteiger partial charge in [0.05, 0.1) is 12.2 Å². The number of hydrogen-bond acceptors (Lipinski definition) is 5. The molecule has 0 radical (unpaired) electrons. The van der Waals surface area contributed by atoms with E-state index in [1.807, 2.05) is 19.9 Å². The fourth-order valence-corrected chi connectivity index (χ4v) is 1.70. The van der Waals surface area contributed by atoms with Gasteiger partial charge in [-0.05, 0) is 13.0 Å². The molecule has 94 valence electrons. The molecule has 0 amide bonds. The van der Waals surface area contributed by atoms with Gasteiger partial charge in [0.25, 0.3) is 0 Å². The van der Waals surface area contributed by atoms with Crippen LogP contribution in [-0.2, 0) is 13.0 Å². The lowest BCUT2D eigenvalue weighted by Crippen LogP contribution is -2.06. The van der Waals surface area contributed by atoms with E-state index in [0.29, 0.717) is 17.5 Å². The molecule has 0 fully saturated rings. The summed E-state index contributed by atoms with van der Waals surface area (Å²) in [6.07, 6.45) is 2.49. The number of halogens is 1. The molecule has 0 aromatic carbocycles. The Morgan fingerprint density at radius 1 is 1.28 bits per heavy atom. The van der Waals surface area contributed by atoms with E-state index in [4.69, 9.17) is 11.6 Å². The maximum atomic E-state index is 5.92. The van der Waals surface area contributed by atoms with E-state index in [2.05, 4.69) is 25.3 Å². The molecule has 1 N–H and O–H groups in total. The first-order valence-corrected chi connectivity index (χ1v) is 6.11. The second kappa shape index (κ2) is 5.73. The Morgan fingerprint density at radius 2 is 2.11 bits per heavy atom. The van der Waals surface area contributed by atoms with Crippen LogP contribution in [0, 0.1) is 6.92 Å². The van der Waals surface area contributed by atoms with E-state index in [0.717, 1.165) is 23.8 Å². The van der Waals surface area contributed by atoms with Gasteiger partial charge in [-0.15, -0.1) is 0 Å². The minimum absolute atomic E-state index is 0.447. The molecule has 2 aromatic heterocycles. The molecular formula is C12H14ClN5. The predicted molar refractivity (Wildman–Crippen MR) is 70.5 cm³/mol. The van der Waals surface area contributed by atoms with Crippen molar-refractivity contribution in [3.8, 4) is 0 Å². The van der Waals surface area contributed by atoms with Gasteiger partial charge in [-0.3, -0.25) is 0 Å². The van der Waals surface area contributed by atoms with Crippen molar-refractivity contribution < 1.29 is 0 Å². The Morgan fingerprint density at radius 3 is 2.83 bits per heavy atom. The van der Waals surface area contributed by atoms with Gasteiger partial charge in [0.1, 0.15) is 22.6 Å². The highest BCUT2D eigenvalue weighted by atomic mass is 35.5. The second-order valence-corrected chi connectivity index (χ2v) is 4.18. The number of aromatic nitrogens is 4. The lowest BCUT2D eigenvalue weighted by molar-refractivity contribution is 0.916. The standard InChI is InChI=1S/C12H14ClN5/c1-3-11-17-10(13)6-12(18-11)15-7-9-4-5-14-8(2)16-9/h4-6H,3,7H2,1-2H3,(H,15,17,18). The van der Waals surface area contributed by atoms with Gasteiger partial charge in [0, 0.05) is 18.7 Å². The van der Waals surface area contributed by atoms with Crippen molar-refractivity contribution in [1.82, 2.24) is 19.9 Å². The molecule has 0 aliphatic rings. The summed E-state index contributed by atoms with van der Waals surface area (Å²) in [5.41, 5.74) is 0.912. The molecule has 5 nitrogen and oxygen atoms in total. The zero-order valence-corrected chi connectivity index (χ0v) is 11.1. The van der Waals surface area contributed by atoms with Crippen molar-refractivity contribution in [2.24, 2.45) is 0 Å². The molecule has 0 saturated carbocycles. The fraction of sp³-hybridized carbons (Fsp3) is 0.333. The molecular weight excluding hydrogens is 250 g/mol. The molecule has 0 spiro atoms. The summed E-state index contributed by atoms with van der Waals surface area (Å²) < 4.78 is 0. The average molecular weight is 264 g/mol. The number of nitrogens with zero attached hydrogens (tertiary/aromatic N) is 4. The van der Waals surface area contributed by atoms with Crippen molar-refractivity contribution in [1.29, 1.82) is 0 Å². The highest BCUT2D eigenvalue weighted by Gasteiger charge is 2.02. The zero-order valence-electron chi connectivity index (χ0n) is 10.3. The summed E-state index contributed by atoms with van der Waals surface area (Å²) in [7, 11) is 0. The normalized spacial score (nSPS) is 10.4. The van der Waals surface area contributed by atoms with E-state index in [1.165, 1.54) is 0 Å². The third-order valence-corrected chi connectivity index (χ3v) is 2.54. The van der Waals surface area contributed by atoms with E-state index in [9.17, 15) is 0 Å². The molecule has 0 aliphatic carbocycles. The molecule has 0 atom stereocenters. The molecule has 0 unspecified atom stereocenters. The van der Waals surface area contributed by atoms with Gasteiger partial charge >= 0.3 is 0 Å². The largest absolute Gasteiger partial charge is 0.364 e. The van der Waals surface area contributed by atoms with Crippen molar-refractivity contribution in [2.45, 2.75) is 26.8 Å². The Hall–Kier alpha value is -1.75. The number of anilines is 1. The summed E-state index contributed by atoms with van der Waals surface area (Å²) in [5, 5.41) is 3.63. The molecule has 18 heavy (non-hydrogen) atoms. The quantitative estimate of drug-likeness (QED) is 0.858. The monoisotopic (exact) mass is 263 g/mol. The SMILES string of the molecule is CCc1nc(Cl)cc(NCc2ccnc(C)n2)n1. The van der Waals surface area contributed by atoms with Crippen molar-refractivity contribution >= 4 is 17.4 Å². The van der Waals surface area contributed by atoms with Crippen molar-refractivity contribution in [3.05, 3.63) is 40.8 Å². The first-order chi connectivity index (χ1) is 8.67. The molecule has 2 aromatic rings. The lowest BCUT2D eigenvalue weighted by atomic mass is 10.4. The number of nitrogens with one attached hydrogen (secondary N) is 1. The summed E-state index contributed by atoms with van der Waals surface area (Å²) >= 11 is 5.92. The summed E-state index contributed by atoms with van der Waals surface area (Å²) in [6, 6.07) is 3.57. The number of hydrogen-bond donors (Lipinski definition) is 1. The molecule has 0 aliphatic heterocycles.